The Morgan fingerprint density at radius 1 is 1.03 bits per heavy atom. The van der Waals surface area contributed by atoms with Crippen molar-refractivity contribution in [3.8, 4) is 11.1 Å². The van der Waals surface area contributed by atoms with E-state index >= 15 is 0 Å². The molecule has 0 saturated heterocycles. The normalized spacial score (nSPS) is 17.8. The fourth-order valence-electron chi connectivity index (χ4n) is 5.77. The third kappa shape index (κ3) is 3.61. The fourth-order valence-corrected chi connectivity index (χ4v) is 5.97. The van der Waals surface area contributed by atoms with Gasteiger partial charge in [-0.05, 0) is 66.8 Å². The van der Waals surface area contributed by atoms with Gasteiger partial charge in [0.05, 0.1) is 28.3 Å². The van der Waals surface area contributed by atoms with Gasteiger partial charge in [-0.3, -0.25) is 9.48 Å². The van der Waals surface area contributed by atoms with Crippen molar-refractivity contribution in [1.29, 1.82) is 0 Å². The molecule has 0 radical (unpaired) electrons. The molecule has 3 aromatic carbocycles. The average Bonchev–Trinajstić information content (AvgIpc) is 3.26. The smallest absolute Gasteiger partial charge is 0.253 e. The third-order valence-electron chi connectivity index (χ3n) is 7.92. The first-order valence-electron chi connectivity index (χ1n) is 12.1. The van der Waals surface area contributed by atoms with Crippen LogP contribution >= 0.6 is 11.6 Å². The third-order valence-corrected chi connectivity index (χ3v) is 8.25. The molecule has 1 atom stereocenters. The van der Waals surface area contributed by atoms with Crippen molar-refractivity contribution in [2.24, 2.45) is 5.41 Å². The molecule has 0 aliphatic heterocycles. The first-order chi connectivity index (χ1) is 16.5. The van der Waals surface area contributed by atoms with Crippen LogP contribution in [0, 0.1) is 5.41 Å². The summed E-state index contributed by atoms with van der Waals surface area (Å²) in [6, 6.07) is 22.8. The molecule has 2 aliphatic carbocycles. The Hall–Kier alpha value is -3.11. The minimum atomic E-state index is -0.0470. The molecule has 2 fully saturated rings. The van der Waals surface area contributed by atoms with Crippen molar-refractivity contribution in [2.75, 3.05) is 0 Å². The Morgan fingerprint density at radius 2 is 1.74 bits per heavy atom. The van der Waals surface area contributed by atoms with Gasteiger partial charge in [0, 0.05) is 11.4 Å². The minimum Gasteiger partial charge on any atom is -0.349 e. The summed E-state index contributed by atoms with van der Waals surface area (Å²) in [7, 11) is 0. The summed E-state index contributed by atoms with van der Waals surface area (Å²) in [6.07, 6.45) is 7.96. The van der Waals surface area contributed by atoms with Gasteiger partial charge in [-0.15, -0.1) is 0 Å². The molecule has 2 aliphatic rings. The average molecular weight is 470 g/mol. The lowest BCUT2D eigenvalue weighted by molar-refractivity contribution is -0.000604. The van der Waals surface area contributed by atoms with Crippen molar-refractivity contribution < 1.29 is 4.79 Å². The molecular weight excluding hydrogens is 442 g/mol. The first kappa shape index (κ1) is 21.4. The molecule has 0 unspecified atom stereocenters. The number of nitrogens with one attached hydrogen (secondary N) is 1. The summed E-state index contributed by atoms with van der Waals surface area (Å²) in [5, 5.41) is 9.36. The molecule has 1 spiro atoms. The van der Waals surface area contributed by atoms with E-state index in [9.17, 15) is 4.79 Å². The van der Waals surface area contributed by atoms with E-state index in [0.29, 0.717) is 16.0 Å². The molecule has 5 heteroatoms. The number of aromatic nitrogens is 2. The molecule has 4 nitrogen and oxygen atoms in total. The number of hydrogen-bond acceptors (Lipinski definition) is 2. The molecule has 1 N–H and O–H groups in total. The summed E-state index contributed by atoms with van der Waals surface area (Å²) in [5.74, 6) is -0.0331. The van der Waals surface area contributed by atoms with E-state index in [4.69, 9.17) is 11.6 Å². The van der Waals surface area contributed by atoms with Gasteiger partial charge < -0.3 is 5.32 Å². The maximum atomic E-state index is 13.3. The molecule has 1 aromatic heterocycles. The van der Waals surface area contributed by atoms with E-state index in [0.717, 1.165) is 29.3 Å². The molecule has 34 heavy (non-hydrogen) atoms. The second-order valence-electron chi connectivity index (χ2n) is 10.0. The molecule has 0 bridgehead atoms. The maximum absolute atomic E-state index is 13.3. The summed E-state index contributed by atoms with van der Waals surface area (Å²) in [5.41, 5.74) is 5.45. The van der Waals surface area contributed by atoms with E-state index < -0.39 is 0 Å². The Kier molecular flexibility index (Phi) is 5.22. The van der Waals surface area contributed by atoms with Gasteiger partial charge >= 0.3 is 0 Å². The van der Waals surface area contributed by atoms with E-state index in [2.05, 4.69) is 53.7 Å². The number of carbonyl (C=O) groups excluding carboxylic acids is 1. The van der Waals surface area contributed by atoms with Crippen LogP contribution in [0.2, 0.25) is 5.02 Å². The highest BCUT2D eigenvalue weighted by atomic mass is 35.5. The highest BCUT2D eigenvalue weighted by Gasteiger charge is 2.48. The van der Waals surface area contributed by atoms with Crippen molar-refractivity contribution >= 4 is 28.4 Å². The van der Waals surface area contributed by atoms with E-state index in [1.165, 1.54) is 30.4 Å². The zero-order valence-corrected chi connectivity index (χ0v) is 20.1. The topological polar surface area (TPSA) is 46.9 Å². The Labute approximate surface area is 204 Å². The van der Waals surface area contributed by atoms with Crippen LogP contribution in [-0.2, 0) is 0 Å². The molecule has 2 saturated carbocycles. The lowest BCUT2D eigenvalue weighted by Crippen LogP contribution is -2.53. The van der Waals surface area contributed by atoms with Gasteiger partial charge in [0.2, 0.25) is 0 Å². The molecule has 1 heterocycles. The zero-order valence-electron chi connectivity index (χ0n) is 19.3. The maximum Gasteiger partial charge on any atom is 0.253 e. The molecular formula is C29H28ClN3O. The van der Waals surface area contributed by atoms with Crippen molar-refractivity contribution in [1.82, 2.24) is 15.1 Å². The number of halogens is 1. The monoisotopic (exact) mass is 469 g/mol. The van der Waals surface area contributed by atoms with E-state index in [1.54, 1.807) is 12.3 Å². The van der Waals surface area contributed by atoms with Gasteiger partial charge in [0.1, 0.15) is 0 Å². The lowest BCUT2D eigenvalue weighted by atomic mass is 9.54. The van der Waals surface area contributed by atoms with Crippen molar-refractivity contribution in [3.63, 3.8) is 0 Å². The second kappa shape index (κ2) is 8.28. The Bertz CT molecular complexity index is 1350. The predicted octanol–water partition coefficient (Wildman–Crippen LogP) is 7.03. The van der Waals surface area contributed by atoms with Crippen LogP contribution in [0.25, 0.3) is 22.0 Å². The van der Waals surface area contributed by atoms with E-state index in [1.807, 2.05) is 28.9 Å². The van der Waals surface area contributed by atoms with Gasteiger partial charge in [-0.1, -0.05) is 72.6 Å². The molecule has 1 amide bonds. The quantitative estimate of drug-likeness (QED) is 0.341. The van der Waals surface area contributed by atoms with Crippen LogP contribution in [0.5, 0.6) is 0 Å². The molecule has 6 rings (SSSR count). The van der Waals surface area contributed by atoms with Crippen molar-refractivity contribution in [2.45, 2.75) is 51.1 Å². The molecule has 4 aromatic rings. The van der Waals surface area contributed by atoms with Gasteiger partial charge in [0.15, 0.2) is 0 Å². The summed E-state index contributed by atoms with van der Waals surface area (Å²) >= 11 is 6.51. The highest BCUT2D eigenvalue weighted by molar-refractivity contribution is 6.36. The summed E-state index contributed by atoms with van der Waals surface area (Å²) in [6.45, 7) is 2.11. The highest BCUT2D eigenvalue weighted by Crippen LogP contribution is 2.55. The van der Waals surface area contributed by atoms with Gasteiger partial charge in [-0.2, -0.15) is 5.10 Å². The second-order valence-corrected chi connectivity index (χ2v) is 10.4. The minimum absolute atomic E-state index is 0.0331. The van der Waals surface area contributed by atoms with Gasteiger partial charge in [0.25, 0.3) is 5.91 Å². The largest absolute Gasteiger partial charge is 0.349 e. The standard InChI is InChI=1S/C29H28ClN3O/c1-19(20-8-10-22(11-9-20)21-6-3-2-4-7-21)33-27-24(12-13-26(30)25(27)18-31-33)28(34)32-23-16-29(17-23)14-5-15-29/h2-4,6-13,18-19,23H,5,14-17H2,1H3,(H,32,34)/t19-/m1/s1. The summed E-state index contributed by atoms with van der Waals surface area (Å²) in [4.78, 5) is 13.3. The number of nitrogens with zero attached hydrogens (tertiary/aromatic N) is 2. The lowest BCUT2D eigenvalue weighted by Gasteiger charge is -2.54. The number of rotatable bonds is 5. The number of fused-ring (bicyclic) bond motifs is 1. The molecule has 172 valence electrons. The van der Waals surface area contributed by atoms with Crippen LogP contribution in [0.15, 0.2) is 72.9 Å². The zero-order chi connectivity index (χ0) is 23.3. The van der Waals surface area contributed by atoms with Crippen LogP contribution < -0.4 is 5.32 Å². The van der Waals surface area contributed by atoms with Crippen LogP contribution in [0.4, 0.5) is 0 Å². The Morgan fingerprint density at radius 3 is 2.41 bits per heavy atom. The van der Waals surface area contributed by atoms with E-state index in [-0.39, 0.29) is 18.0 Å². The van der Waals surface area contributed by atoms with Crippen LogP contribution in [0.3, 0.4) is 0 Å². The SMILES string of the molecule is C[C@H](c1ccc(-c2ccccc2)cc1)n1ncc2c(Cl)ccc(C(=O)NC3CC4(CCC4)C3)c21. The summed E-state index contributed by atoms with van der Waals surface area (Å²) < 4.78 is 1.93. The van der Waals surface area contributed by atoms with Crippen LogP contribution in [0.1, 0.15) is 61.0 Å². The number of benzene rings is 3. The predicted molar refractivity (Wildman–Crippen MR) is 137 cm³/mol. The first-order valence-corrected chi connectivity index (χ1v) is 12.5. The number of amides is 1. The van der Waals surface area contributed by atoms with Gasteiger partial charge in [-0.25, -0.2) is 0 Å². The fraction of sp³-hybridized carbons (Fsp3) is 0.310. The Balaban J connectivity index is 1.29. The van der Waals surface area contributed by atoms with Crippen molar-refractivity contribution in [3.05, 3.63) is 89.1 Å². The number of hydrogen-bond donors (Lipinski definition) is 1. The van der Waals surface area contributed by atoms with Crippen LogP contribution in [-0.4, -0.2) is 21.7 Å². The number of carbonyl (C=O) groups is 1.